The predicted octanol–water partition coefficient (Wildman–Crippen LogP) is 2.25. The van der Waals surface area contributed by atoms with E-state index in [1.54, 1.807) is 36.0 Å². The summed E-state index contributed by atoms with van der Waals surface area (Å²) in [6.45, 7) is 5.65. The standard InChI is InChI=1S/C19H22N2O5S/c1-19(2,3)13-11-27-16-9-15(23)21(16)17(13)18(24)26-20-14(22)10-25-12-7-5-4-6-8-12/h4-8,16H,9-11H2,1-3H3,(H,20,22)/t16-/m0/s1. The molecule has 0 bridgehead atoms. The van der Waals surface area contributed by atoms with E-state index in [1.807, 2.05) is 26.8 Å². The zero-order valence-corrected chi connectivity index (χ0v) is 16.3. The van der Waals surface area contributed by atoms with Gasteiger partial charge in [0.05, 0.1) is 11.8 Å². The summed E-state index contributed by atoms with van der Waals surface area (Å²) in [7, 11) is 0. The minimum absolute atomic E-state index is 0.0386. The molecular weight excluding hydrogens is 368 g/mol. The fourth-order valence-electron chi connectivity index (χ4n) is 2.82. The summed E-state index contributed by atoms with van der Waals surface area (Å²) in [6.07, 6.45) is 0.413. The first-order chi connectivity index (χ1) is 12.8. The minimum Gasteiger partial charge on any atom is -0.484 e. The topological polar surface area (TPSA) is 84.9 Å². The maximum absolute atomic E-state index is 12.6. The molecule has 3 rings (SSSR count). The summed E-state index contributed by atoms with van der Waals surface area (Å²) in [5.41, 5.74) is 2.87. The summed E-state index contributed by atoms with van der Waals surface area (Å²) in [5.74, 6) is -0.254. The molecule has 1 fully saturated rings. The minimum atomic E-state index is -0.730. The third-order valence-electron chi connectivity index (χ3n) is 4.32. The maximum atomic E-state index is 12.6. The highest BCUT2D eigenvalue weighted by molar-refractivity contribution is 8.00. The Morgan fingerprint density at radius 3 is 2.59 bits per heavy atom. The number of carbonyl (C=O) groups is 3. The molecule has 0 radical (unpaired) electrons. The fraction of sp³-hybridized carbons (Fsp3) is 0.421. The Morgan fingerprint density at radius 2 is 1.96 bits per heavy atom. The summed E-state index contributed by atoms with van der Waals surface area (Å²) < 4.78 is 5.30. The summed E-state index contributed by atoms with van der Waals surface area (Å²) in [4.78, 5) is 43.0. The molecule has 0 unspecified atom stereocenters. The number of hydrogen-bond acceptors (Lipinski definition) is 6. The zero-order chi connectivity index (χ0) is 19.6. The largest absolute Gasteiger partial charge is 0.484 e. The molecule has 27 heavy (non-hydrogen) atoms. The van der Waals surface area contributed by atoms with Crippen molar-refractivity contribution in [2.45, 2.75) is 32.6 Å². The van der Waals surface area contributed by atoms with E-state index in [0.29, 0.717) is 17.9 Å². The molecule has 2 aliphatic rings. The molecule has 1 N–H and O–H groups in total. The van der Waals surface area contributed by atoms with Crippen LogP contribution in [0.25, 0.3) is 0 Å². The summed E-state index contributed by atoms with van der Waals surface area (Å²) in [5, 5.41) is -0.0386. The van der Waals surface area contributed by atoms with Gasteiger partial charge in [-0.15, -0.1) is 11.8 Å². The molecule has 2 amide bonds. The Bertz CT molecular complexity index is 785. The Kier molecular flexibility index (Phi) is 5.46. The first-order valence-corrected chi connectivity index (χ1v) is 9.67. The molecule has 1 saturated heterocycles. The average molecular weight is 390 g/mol. The van der Waals surface area contributed by atoms with Crippen LogP contribution in [0.2, 0.25) is 0 Å². The average Bonchev–Trinajstić information content (AvgIpc) is 2.62. The summed E-state index contributed by atoms with van der Waals surface area (Å²) in [6, 6.07) is 8.84. The lowest BCUT2D eigenvalue weighted by atomic mass is 9.85. The van der Waals surface area contributed by atoms with E-state index in [4.69, 9.17) is 9.57 Å². The van der Waals surface area contributed by atoms with Crippen molar-refractivity contribution < 1.29 is 24.0 Å². The second-order valence-corrected chi connectivity index (χ2v) is 8.49. The van der Waals surface area contributed by atoms with Crippen LogP contribution < -0.4 is 10.2 Å². The molecule has 1 atom stereocenters. The number of thioether (sulfide) groups is 1. The number of hydrogen-bond donors (Lipinski definition) is 1. The van der Waals surface area contributed by atoms with Crippen molar-refractivity contribution in [2.24, 2.45) is 5.41 Å². The van der Waals surface area contributed by atoms with Crippen molar-refractivity contribution >= 4 is 29.5 Å². The van der Waals surface area contributed by atoms with Crippen molar-refractivity contribution in [1.82, 2.24) is 10.4 Å². The second-order valence-electron chi connectivity index (χ2n) is 7.33. The molecule has 2 heterocycles. The second kappa shape index (κ2) is 7.64. The van der Waals surface area contributed by atoms with Crippen molar-refractivity contribution in [3.05, 3.63) is 41.6 Å². The maximum Gasteiger partial charge on any atom is 0.379 e. The van der Waals surface area contributed by atoms with Crippen LogP contribution in [0.5, 0.6) is 5.75 Å². The number of carbonyl (C=O) groups excluding carboxylic acids is 3. The lowest BCUT2D eigenvalue weighted by molar-refractivity contribution is -0.159. The van der Waals surface area contributed by atoms with Gasteiger partial charge in [0.15, 0.2) is 6.61 Å². The van der Waals surface area contributed by atoms with Crippen LogP contribution in [0.3, 0.4) is 0 Å². The lowest BCUT2D eigenvalue weighted by Crippen LogP contribution is -2.55. The Balaban J connectivity index is 1.63. The number of hydroxylamine groups is 1. The summed E-state index contributed by atoms with van der Waals surface area (Å²) >= 11 is 1.64. The molecule has 8 heteroatoms. The molecule has 144 valence electrons. The SMILES string of the molecule is CC(C)(C)C1=C(C(=O)ONC(=O)COc2ccccc2)N2C(=O)C[C@@H]2SC1. The van der Waals surface area contributed by atoms with Gasteiger partial charge in [-0.3, -0.25) is 14.5 Å². The van der Waals surface area contributed by atoms with Crippen molar-refractivity contribution in [2.75, 3.05) is 12.4 Å². The highest BCUT2D eigenvalue weighted by atomic mass is 32.2. The van der Waals surface area contributed by atoms with E-state index >= 15 is 0 Å². The van der Waals surface area contributed by atoms with Gasteiger partial charge in [-0.1, -0.05) is 39.0 Å². The van der Waals surface area contributed by atoms with E-state index < -0.39 is 11.9 Å². The molecule has 0 spiro atoms. The highest BCUT2D eigenvalue weighted by Gasteiger charge is 2.47. The third-order valence-corrected chi connectivity index (χ3v) is 5.54. The van der Waals surface area contributed by atoms with Gasteiger partial charge in [0.25, 0.3) is 5.91 Å². The molecule has 2 aliphatic heterocycles. The zero-order valence-electron chi connectivity index (χ0n) is 15.5. The van der Waals surface area contributed by atoms with E-state index in [2.05, 4.69) is 5.48 Å². The fourth-order valence-corrected chi connectivity index (χ4v) is 4.38. The number of benzene rings is 1. The number of rotatable bonds is 4. The predicted molar refractivity (Wildman–Crippen MR) is 100 cm³/mol. The highest BCUT2D eigenvalue weighted by Crippen LogP contribution is 2.45. The number of para-hydroxylation sites is 1. The van der Waals surface area contributed by atoms with Gasteiger partial charge in [0.1, 0.15) is 11.4 Å². The third kappa shape index (κ3) is 4.27. The molecular formula is C19H22N2O5S. The van der Waals surface area contributed by atoms with Gasteiger partial charge in [-0.2, -0.15) is 5.48 Å². The van der Waals surface area contributed by atoms with Crippen molar-refractivity contribution in [3.8, 4) is 5.75 Å². The smallest absolute Gasteiger partial charge is 0.379 e. The Hall–Kier alpha value is -2.48. The van der Waals surface area contributed by atoms with E-state index in [-0.39, 0.29) is 29.0 Å². The first-order valence-electron chi connectivity index (χ1n) is 8.62. The molecule has 7 nitrogen and oxygen atoms in total. The van der Waals surface area contributed by atoms with E-state index in [0.717, 1.165) is 5.57 Å². The number of nitrogens with zero attached hydrogens (tertiary/aromatic N) is 1. The van der Waals surface area contributed by atoms with Crippen LogP contribution in [0.4, 0.5) is 0 Å². The first kappa shape index (κ1) is 19.3. The monoisotopic (exact) mass is 390 g/mol. The number of nitrogens with one attached hydrogen (secondary N) is 1. The van der Waals surface area contributed by atoms with Gasteiger partial charge in [0, 0.05) is 5.75 Å². The molecule has 0 saturated carbocycles. The van der Waals surface area contributed by atoms with Crippen LogP contribution in [0, 0.1) is 5.41 Å². The van der Waals surface area contributed by atoms with E-state index in [1.165, 1.54) is 4.90 Å². The van der Waals surface area contributed by atoms with Crippen molar-refractivity contribution in [3.63, 3.8) is 0 Å². The van der Waals surface area contributed by atoms with E-state index in [9.17, 15) is 14.4 Å². The van der Waals surface area contributed by atoms with Gasteiger partial charge >= 0.3 is 5.97 Å². The van der Waals surface area contributed by atoms with Crippen molar-refractivity contribution in [1.29, 1.82) is 0 Å². The number of ether oxygens (including phenoxy) is 1. The molecule has 0 aliphatic carbocycles. The number of β-lactam (4-membered cyclic amide) rings is 1. The Labute approximate surface area is 162 Å². The van der Waals surface area contributed by atoms with Crippen LogP contribution in [0.15, 0.2) is 41.6 Å². The number of amides is 2. The van der Waals surface area contributed by atoms with Gasteiger partial charge < -0.3 is 9.57 Å². The molecule has 0 aromatic heterocycles. The van der Waals surface area contributed by atoms with Gasteiger partial charge in [-0.05, 0) is 23.1 Å². The van der Waals surface area contributed by atoms with Crippen LogP contribution >= 0.6 is 11.8 Å². The van der Waals surface area contributed by atoms with Gasteiger partial charge in [-0.25, -0.2) is 4.79 Å². The lowest BCUT2D eigenvalue weighted by Gasteiger charge is -2.46. The van der Waals surface area contributed by atoms with Crippen LogP contribution in [-0.2, 0) is 19.2 Å². The van der Waals surface area contributed by atoms with Crippen LogP contribution in [-0.4, -0.2) is 40.4 Å². The quantitative estimate of drug-likeness (QED) is 0.627. The van der Waals surface area contributed by atoms with Crippen LogP contribution in [0.1, 0.15) is 27.2 Å². The normalized spacial score (nSPS) is 19.1. The van der Waals surface area contributed by atoms with Gasteiger partial charge in [0.2, 0.25) is 5.91 Å². The Morgan fingerprint density at radius 1 is 1.26 bits per heavy atom. The molecule has 1 aromatic carbocycles. The number of fused-ring (bicyclic) bond motifs is 1. The molecule has 1 aromatic rings.